The maximum absolute atomic E-state index is 2.42. The lowest BCUT2D eigenvalue weighted by atomic mass is 9.90. The number of rotatable bonds is 6. The molecule has 0 atom stereocenters. The molecule has 96 valence electrons. The first-order valence-corrected chi connectivity index (χ1v) is 7.47. The molecule has 0 saturated carbocycles. The van der Waals surface area contributed by atoms with E-state index in [9.17, 15) is 0 Å². The zero-order valence-electron chi connectivity index (χ0n) is 11.9. The molecule has 0 aliphatic carbocycles. The molecule has 0 amide bonds. The molecule has 0 aromatic heterocycles. The molecule has 0 N–H and O–H groups in total. The maximum atomic E-state index is 2.42. The summed E-state index contributed by atoms with van der Waals surface area (Å²) in [5.41, 5.74) is 0. The highest BCUT2D eigenvalue weighted by Gasteiger charge is 2.27. The minimum Gasteiger partial charge on any atom is -0.120 e. The van der Waals surface area contributed by atoms with Gasteiger partial charge in [0.2, 0.25) is 0 Å². The van der Waals surface area contributed by atoms with Crippen molar-refractivity contribution in [3.8, 4) is 0 Å². The first-order chi connectivity index (χ1) is 7.91. The van der Waals surface area contributed by atoms with Gasteiger partial charge in [0.05, 0.1) is 0 Å². The SMILES string of the molecule is CC(C)CC(C)(CC(C)C)Sc1ccccc1. The summed E-state index contributed by atoms with van der Waals surface area (Å²) in [7, 11) is 0. The van der Waals surface area contributed by atoms with Crippen LogP contribution in [0.3, 0.4) is 0 Å². The van der Waals surface area contributed by atoms with Crippen LogP contribution in [0.4, 0.5) is 0 Å². The fourth-order valence-corrected chi connectivity index (χ4v) is 4.36. The number of thioether (sulfide) groups is 1. The van der Waals surface area contributed by atoms with Crippen LogP contribution in [0.1, 0.15) is 47.5 Å². The van der Waals surface area contributed by atoms with Crippen molar-refractivity contribution in [2.75, 3.05) is 0 Å². The molecule has 0 aliphatic heterocycles. The van der Waals surface area contributed by atoms with Gasteiger partial charge in [-0.15, -0.1) is 11.8 Å². The molecular weight excluding hydrogens is 224 g/mol. The summed E-state index contributed by atoms with van der Waals surface area (Å²) in [6, 6.07) is 10.8. The molecule has 0 nitrogen and oxygen atoms in total. The van der Waals surface area contributed by atoms with Crippen LogP contribution in [0.15, 0.2) is 35.2 Å². The standard InChI is InChI=1S/C16H26S/c1-13(2)11-16(5,12-14(3)4)17-15-9-7-6-8-10-15/h6-10,13-14H,11-12H2,1-5H3. The highest BCUT2D eigenvalue weighted by atomic mass is 32.2. The van der Waals surface area contributed by atoms with Crippen LogP contribution in [0.25, 0.3) is 0 Å². The Morgan fingerprint density at radius 2 is 1.41 bits per heavy atom. The molecular formula is C16H26S. The van der Waals surface area contributed by atoms with E-state index in [4.69, 9.17) is 0 Å². The molecule has 0 bridgehead atoms. The quantitative estimate of drug-likeness (QED) is 0.590. The van der Waals surface area contributed by atoms with Gasteiger partial charge in [-0.3, -0.25) is 0 Å². The Morgan fingerprint density at radius 3 is 1.82 bits per heavy atom. The van der Waals surface area contributed by atoms with Gasteiger partial charge in [-0.1, -0.05) is 52.8 Å². The first-order valence-electron chi connectivity index (χ1n) is 6.65. The summed E-state index contributed by atoms with van der Waals surface area (Å²) in [6.45, 7) is 11.7. The zero-order chi connectivity index (χ0) is 12.9. The lowest BCUT2D eigenvalue weighted by molar-refractivity contribution is 0.403. The second-order valence-corrected chi connectivity index (χ2v) is 7.72. The summed E-state index contributed by atoms with van der Waals surface area (Å²) in [5, 5.41) is 0. The normalized spacial score (nSPS) is 12.4. The molecule has 0 fully saturated rings. The van der Waals surface area contributed by atoms with E-state index in [0.717, 1.165) is 11.8 Å². The lowest BCUT2D eigenvalue weighted by Crippen LogP contribution is -2.24. The molecule has 1 aromatic carbocycles. The van der Waals surface area contributed by atoms with Crippen molar-refractivity contribution in [3.63, 3.8) is 0 Å². The molecule has 0 spiro atoms. The van der Waals surface area contributed by atoms with Crippen molar-refractivity contribution in [1.82, 2.24) is 0 Å². The van der Waals surface area contributed by atoms with Gasteiger partial charge in [0.15, 0.2) is 0 Å². The average molecular weight is 250 g/mol. The summed E-state index contributed by atoms with van der Waals surface area (Å²) < 4.78 is 0.365. The second kappa shape index (κ2) is 6.49. The fourth-order valence-electron chi connectivity index (χ4n) is 2.67. The van der Waals surface area contributed by atoms with Gasteiger partial charge >= 0.3 is 0 Å². The van der Waals surface area contributed by atoms with Gasteiger partial charge in [0, 0.05) is 9.64 Å². The minimum absolute atomic E-state index is 0.365. The van der Waals surface area contributed by atoms with Crippen molar-refractivity contribution in [2.24, 2.45) is 11.8 Å². The molecule has 0 radical (unpaired) electrons. The molecule has 0 saturated heterocycles. The van der Waals surface area contributed by atoms with Gasteiger partial charge in [-0.05, 0) is 36.8 Å². The smallest absolute Gasteiger partial charge is 0.0184 e. The zero-order valence-corrected chi connectivity index (χ0v) is 12.7. The first kappa shape index (κ1) is 14.6. The average Bonchev–Trinajstić information content (AvgIpc) is 2.15. The predicted molar refractivity (Wildman–Crippen MR) is 79.6 cm³/mol. The topological polar surface area (TPSA) is 0 Å². The van der Waals surface area contributed by atoms with Crippen molar-refractivity contribution in [2.45, 2.75) is 57.1 Å². The Balaban J connectivity index is 2.76. The van der Waals surface area contributed by atoms with E-state index in [1.807, 2.05) is 11.8 Å². The van der Waals surface area contributed by atoms with Crippen LogP contribution in [-0.4, -0.2) is 4.75 Å². The van der Waals surface area contributed by atoms with Gasteiger partial charge in [0.25, 0.3) is 0 Å². The van der Waals surface area contributed by atoms with Crippen LogP contribution in [-0.2, 0) is 0 Å². The summed E-state index contributed by atoms with van der Waals surface area (Å²) in [6.07, 6.45) is 2.56. The van der Waals surface area contributed by atoms with Crippen LogP contribution in [0, 0.1) is 11.8 Å². The van der Waals surface area contributed by atoms with E-state index < -0.39 is 0 Å². The van der Waals surface area contributed by atoms with E-state index in [0.29, 0.717) is 4.75 Å². The number of hydrogen-bond donors (Lipinski definition) is 0. The van der Waals surface area contributed by atoms with Crippen LogP contribution in [0.5, 0.6) is 0 Å². The summed E-state index contributed by atoms with van der Waals surface area (Å²) in [4.78, 5) is 1.40. The molecule has 1 heteroatoms. The Bertz CT molecular complexity index is 304. The largest absolute Gasteiger partial charge is 0.120 e. The monoisotopic (exact) mass is 250 g/mol. The molecule has 1 aromatic rings. The Morgan fingerprint density at radius 1 is 0.941 bits per heavy atom. The Kier molecular flexibility index (Phi) is 5.58. The van der Waals surface area contributed by atoms with Crippen LogP contribution in [0.2, 0.25) is 0 Å². The van der Waals surface area contributed by atoms with E-state index in [2.05, 4.69) is 65.0 Å². The number of benzene rings is 1. The third kappa shape index (κ3) is 5.63. The number of hydrogen-bond acceptors (Lipinski definition) is 1. The Hall–Kier alpha value is -0.430. The summed E-state index contributed by atoms with van der Waals surface area (Å²) >= 11 is 2.05. The van der Waals surface area contributed by atoms with Crippen molar-refractivity contribution in [1.29, 1.82) is 0 Å². The van der Waals surface area contributed by atoms with E-state index in [1.165, 1.54) is 17.7 Å². The second-order valence-electron chi connectivity index (χ2n) is 6.06. The summed E-state index contributed by atoms with van der Waals surface area (Å²) in [5.74, 6) is 1.52. The maximum Gasteiger partial charge on any atom is 0.0184 e. The van der Waals surface area contributed by atoms with Crippen LogP contribution >= 0.6 is 11.8 Å². The highest BCUT2D eigenvalue weighted by Crippen LogP contribution is 2.41. The van der Waals surface area contributed by atoms with Gasteiger partial charge < -0.3 is 0 Å². The third-order valence-electron chi connectivity index (χ3n) is 2.79. The van der Waals surface area contributed by atoms with Gasteiger partial charge in [-0.25, -0.2) is 0 Å². The Labute approximate surface area is 111 Å². The molecule has 17 heavy (non-hydrogen) atoms. The van der Waals surface area contributed by atoms with Gasteiger partial charge in [0.1, 0.15) is 0 Å². The lowest BCUT2D eigenvalue weighted by Gasteiger charge is -2.32. The van der Waals surface area contributed by atoms with E-state index in [-0.39, 0.29) is 0 Å². The molecule has 0 heterocycles. The minimum atomic E-state index is 0.365. The van der Waals surface area contributed by atoms with Gasteiger partial charge in [-0.2, -0.15) is 0 Å². The third-order valence-corrected chi connectivity index (χ3v) is 4.12. The van der Waals surface area contributed by atoms with Crippen molar-refractivity contribution < 1.29 is 0 Å². The fraction of sp³-hybridized carbons (Fsp3) is 0.625. The van der Waals surface area contributed by atoms with Crippen molar-refractivity contribution >= 4 is 11.8 Å². The van der Waals surface area contributed by atoms with Crippen molar-refractivity contribution in [3.05, 3.63) is 30.3 Å². The molecule has 0 unspecified atom stereocenters. The molecule has 0 aliphatic rings. The molecule has 1 rings (SSSR count). The van der Waals surface area contributed by atoms with E-state index in [1.54, 1.807) is 0 Å². The van der Waals surface area contributed by atoms with Crippen LogP contribution < -0.4 is 0 Å². The van der Waals surface area contributed by atoms with E-state index >= 15 is 0 Å². The highest BCUT2D eigenvalue weighted by molar-refractivity contribution is 8.00. The predicted octanol–water partition coefficient (Wildman–Crippen LogP) is 5.63.